The van der Waals surface area contributed by atoms with E-state index in [1.807, 2.05) is 12.1 Å². The van der Waals surface area contributed by atoms with Crippen molar-refractivity contribution in [2.45, 2.75) is 37.7 Å². The molecule has 1 aliphatic rings. The van der Waals surface area contributed by atoms with E-state index in [9.17, 15) is 9.50 Å². The summed E-state index contributed by atoms with van der Waals surface area (Å²) in [6.45, 7) is 0. The molecule has 0 aromatic heterocycles. The highest BCUT2D eigenvalue weighted by molar-refractivity contribution is 5.29. The summed E-state index contributed by atoms with van der Waals surface area (Å²) in [5.74, 6) is 0.478. The fourth-order valence-corrected chi connectivity index (χ4v) is 2.69. The molecule has 2 heteroatoms. The van der Waals surface area contributed by atoms with Crippen LogP contribution in [0, 0.1) is 5.82 Å². The fraction of sp³-hybridized carbons (Fsp3) is 0.333. The second-order valence-electron chi connectivity index (χ2n) is 5.64. The molecule has 0 heterocycles. The highest BCUT2D eigenvalue weighted by Gasteiger charge is 2.19. The van der Waals surface area contributed by atoms with Gasteiger partial charge in [-0.25, -0.2) is 4.39 Å². The zero-order chi connectivity index (χ0) is 13.9. The van der Waals surface area contributed by atoms with Crippen molar-refractivity contribution in [1.29, 1.82) is 0 Å². The molecule has 1 fully saturated rings. The Hall–Kier alpha value is -1.67. The Balaban J connectivity index is 1.66. The van der Waals surface area contributed by atoms with E-state index in [1.165, 1.54) is 37.0 Å². The van der Waals surface area contributed by atoms with Gasteiger partial charge in [0, 0.05) is 6.42 Å². The number of rotatable bonds is 4. The second kappa shape index (κ2) is 5.76. The summed E-state index contributed by atoms with van der Waals surface area (Å²) < 4.78 is 12.8. The predicted molar refractivity (Wildman–Crippen MR) is 78.1 cm³/mol. The third-order valence-electron chi connectivity index (χ3n) is 4.24. The van der Waals surface area contributed by atoms with Crippen molar-refractivity contribution in [2.75, 3.05) is 0 Å². The first-order valence-corrected chi connectivity index (χ1v) is 7.25. The maximum absolute atomic E-state index is 12.8. The molecule has 0 saturated heterocycles. The molecule has 20 heavy (non-hydrogen) atoms. The van der Waals surface area contributed by atoms with Crippen molar-refractivity contribution >= 4 is 0 Å². The van der Waals surface area contributed by atoms with Gasteiger partial charge >= 0.3 is 0 Å². The standard InChI is InChI=1S/C18H19FO/c19-17-10-4-13(5-11-17)12-18(20)16-8-6-15(7-9-16)14-2-1-3-14/h4-11,14,18,20H,1-3,12H2. The van der Waals surface area contributed by atoms with E-state index in [2.05, 4.69) is 12.1 Å². The van der Waals surface area contributed by atoms with Gasteiger partial charge in [0.25, 0.3) is 0 Å². The summed E-state index contributed by atoms with van der Waals surface area (Å²) in [6.07, 6.45) is 3.90. The molecule has 0 bridgehead atoms. The van der Waals surface area contributed by atoms with Gasteiger partial charge in [-0.15, -0.1) is 0 Å². The molecule has 1 aliphatic carbocycles. The maximum atomic E-state index is 12.8. The van der Waals surface area contributed by atoms with Crippen LogP contribution >= 0.6 is 0 Å². The van der Waals surface area contributed by atoms with Crippen molar-refractivity contribution in [1.82, 2.24) is 0 Å². The van der Waals surface area contributed by atoms with Crippen molar-refractivity contribution < 1.29 is 9.50 Å². The van der Waals surface area contributed by atoms with Crippen LogP contribution in [0.5, 0.6) is 0 Å². The summed E-state index contributed by atoms with van der Waals surface area (Å²) in [4.78, 5) is 0. The molecule has 0 aliphatic heterocycles. The van der Waals surface area contributed by atoms with Crippen LogP contribution in [0.25, 0.3) is 0 Å². The predicted octanol–water partition coefficient (Wildman–Crippen LogP) is 4.37. The molecule has 3 rings (SSSR count). The SMILES string of the molecule is OC(Cc1ccc(F)cc1)c1ccc(C2CCC2)cc1. The van der Waals surface area contributed by atoms with Crippen LogP contribution in [0.15, 0.2) is 48.5 Å². The minimum atomic E-state index is -0.532. The first-order chi connectivity index (χ1) is 9.72. The van der Waals surface area contributed by atoms with E-state index >= 15 is 0 Å². The molecule has 1 unspecified atom stereocenters. The maximum Gasteiger partial charge on any atom is 0.123 e. The van der Waals surface area contributed by atoms with Gasteiger partial charge in [0.05, 0.1) is 6.10 Å². The van der Waals surface area contributed by atoms with Crippen LogP contribution < -0.4 is 0 Å². The molecule has 2 aromatic carbocycles. The van der Waals surface area contributed by atoms with Crippen LogP contribution in [-0.4, -0.2) is 5.11 Å². The summed E-state index contributed by atoms with van der Waals surface area (Å²) >= 11 is 0. The number of aliphatic hydroxyl groups excluding tert-OH is 1. The molecule has 0 radical (unpaired) electrons. The quantitative estimate of drug-likeness (QED) is 0.874. The summed E-state index contributed by atoms with van der Waals surface area (Å²) in [5, 5.41) is 10.3. The molecule has 1 nitrogen and oxygen atoms in total. The van der Waals surface area contributed by atoms with Gasteiger partial charge in [0.15, 0.2) is 0 Å². The summed E-state index contributed by atoms with van der Waals surface area (Å²) in [5.41, 5.74) is 3.26. The molecule has 1 N–H and O–H groups in total. The van der Waals surface area contributed by atoms with E-state index in [4.69, 9.17) is 0 Å². The Morgan fingerprint density at radius 3 is 2.20 bits per heavy atom. The van der Waals surface area contributed by atoms with Crippen molar-refractivity contribution in [2.24, 2.45) is 0 Å². The highest BCUT2D eigenvalue weighted by Crippen LogP contribution is 2.36. The largest absolute Gasteiger partial charge is 0.388 e. The minimum Gasteiger partial charge on any atom is -0.388 e. The zero-order valence-corrected chi connectivity index (χ0v) is 11.4. The Morgan fingerprint density at radius 1 is 1.00 bits per heavy atom. The smallest absolute Gasteiger partial charge is 0.123 e. The average Bonchev–Trinajstić information content (AvgIpc) is 2.40. The lowest BCUT2D eigenvalue weighted by atomic mass is 9.80. The number of hydrogen-bond donors (Lipinski definition) is 1. The highest BCUT2D eigenvalue weighted by atomic mass is 19.1. The van der Waals surface area contributed by atoms with Crippen molar-refractivity contribution in [3.63, 3.8) is 0 Å². The monoisotopic (exact) mass is 270 g/mol. The van der Waals surface area contributed by atoms with Crippen LogP contribution in [0.1, 0.15) is 48.0 Å². The normalized spacial score (nSPS) is 16.7. The molecule has 0 spiro atoms. The van der Waals surface area contributed by atoms with Crippen LogP contribution in [-0.2, 0) is 6.42 Å². The summed E-state index contributed by atoms with van der Waals surface area (Å²) in [7, 11) is 0. The number of hydrogen-bond acceptors (Lipinski definition) is 1. The number of aliphatic hydroxyl groups is 1. The average molecular weight is 270 g/mol. The molecule has 104 valence electrons. The first-order valence-electron chi connectivity index (χ1n) is 7.25. The van der Waals surface area contributed by atoms with Gasteiger partial charge in [0.2, 0.25) is 0 Å². The van der Waals surface area contributed by atoms with E-state index in [-0.39, 0.29) is 5.82 Å². The van der Waals surface area contributed by atoms with Gasteiger partial charge in [-0.05, 0) is 47.6 Å². The number of halogens is 1. The molecular formula is C18H19FO. The fourth-order valence-electron chi connectivity index (χ4n) is 2.69. The first kappa shape index (κ1) is 13.3. The lowest BCUT2D eigenvalue weighted by Gasteiger charge is -2.26. The lowest BCUT2D eigenvalue weighted by Crippen LogP contribution is -2.09. The van der Waals surface area contributed by atoms with E-state index < -0.39 is 6.10 Å². The third kappa shape index (κ3) is 2.91. The lowest BCUT2D eigenvalue weighted by molar-refractivity contribution is 0.178. The zero-order valence-electron chi connectivity index (χ0n) is 11.4. The topological polar surface area (TPSA) is 20.2 Å². The van der Waals surface area contributed by atoms with Gasteiger partial charge in [0.1, 0.15) is 5.82 Å². The Labute approximate surface area is 119 Å². The molecular weight excluding hydrogens is 251 g/mol. The third-order valence-corrected chi connectivity index (χ3v) is 4.24. The van der Waals surface area contributed by atoms with Gasteiger partial charge in [-0.3, -0.25) is 0 Å². The Kier molecular flexibility index (Phi) is 3.83. The second-order valence-corrected chi connectivity index (χ2v) is 5.64. The van der Waals surface area contributed by atoms with Crippen LogP contribution in [0.3, 0.4) is 0 Å². The van der Waals surface area contributed by atoms with Crippen LogP contribution in [0.4, 0.5) is 4.39 Å². The van der Waals surface area contributed by atoms with E-state index in [0.717, 1.165) is 17.0 Å². The molecule has 1 saturated carbocycles. The molecule has 0 amide bonds. The van der Waals surface area contributed by atoms with Crippen molar-refractivity contribution in [3.8, 4) is 0 Å². The van der Waals surface area contributed by atoms with Gasteiger partial charge in [-0.1, -0.05) is 42.8 Å². The number of benzene rings is 2. The van der Waals surface area contributed by atoms with Crippen molar-refractivity contribution in [3.05, 3.63) is 71.0 Å². The molecule has 1 atom stereocenters. The van der Waals surface area contributed by atoms with Crippen LogP contribution in [0.2, 0.25) is 0 Å². The van der Waals surface area contributed by atoms with E-state index in [1.54, 1.807) is 12.1 Å². The Bertz CT molecular complexity index is 555. The van der Waals surface area contributed by atoms with Gasteiger partial charge in [-0.2, -0.15) is 0 Å². The molecule has 2 aromatic rings. The minimum absolute atomic E-state index is 0.243. The van der Waals surface area contributed by atoms with Gasteiger partial charge < -0.3 is 5.11 Å². The van der Waals surface area contributed by atoms with E-state index in [0.29, 0.717) is 6.42 Å². The summed E-state index contributed by atoms with van der Waals surface area (Å²) in [6, 6.07) is 14.6. The Morgan fingerprint density at radius 2 is 1.65 bits per heavy atom.